The minimum atomic E-state index is -0.643. The average Bonchev–Trinajstić information content (AvgIpc) is 3.78. The molecular formula is C27H23Cl2FN4O3S. The molecule has 0 bridgehead atoms. The van der Waals surface area contributed by atoms with E-state index in [0.717, 1.165) is 54.9 Å². The first kappa shape index (κ1) is 24.5. The van der Waals surface area contributed by atoms with Crippen molar-refractivity contribution in [3.8, 4) is 11.3 Å². The van der Waals surface area contributed by atoms with Gasteiger partial charge in [-0.1, -0.05) is 28.4 Å². The Morgan fingerprint density at radius 2 is 2.03 bits per heavy atom. The molecule has 0 saturated heterocycles. The Balaban J connectivity index is 1.09. The molecule has 0 spiro atoms. The third kappa shape index (κ3) is 4.02. The molecule has 38 heavy (non-hydrogen) atoms. The van der Waals surface area contributed by atoms with Gasteiger partial charge in [-0.25, -0.2) is 9.37 Å². The number of benzene rings is 1. The molecule has 0 radical (unpaired) electrons. The first-order valence-corrected chi connectivity index (χ1v) is 14.2. The van der Waals surface area contributed by atoms with Crippen LogP contribution in [0.4, 0.5) is 4.39 Å². The largest absolute Gasteiger partial charge is 0.373 e. The van der Waals surface area contributed by atoms with Crippen molar-refractivity contribution in [2.75, 3.05) is 0 Å². The van der Waals surface area contributed by atoms with Crippen molar-refractivity contribution in [1.82, 2.24) is 15.1 Å². The zero-order valence-corrected chi connectivity index (χ0v) is 22.5. The minimum absolute atomic E-state index is 0.0392. The number of pyridine rings is 1. The third-order valence-corrected chi connectivity index (χ3v) is 9.97. The van der Waals surface area contributed by atoms with Crippen LogP contribution in [-0.4, -0.2) is 27.1 Å². The zero-order chi connectivity index (χ0) is 26.2. The predicted octanol–water partition coefficient (Wildman–Crippen LogP) is 6.80. The number of amides is 1. The number of carbonyl (C=O) groups excluding carboxylic acids is 1. The summed E-state index contributed by atoms with van der Waals surface area (Å²) in [6, 6.07) is 2.81. The van der Waals surface area contributed by atoms with Crippen LogP contribution in [0.2, 0.25) is 10.0 Å². The Kier molecular flexibility index (Phi) is 5.78. The van der Waals surface area contributed by atoms with Gasteiger partial charge in [-0.2, -0.15) is 0 Å². The third-order valence-electron chi connectivity index (χ3n) is 8.17. The fraction of sp³-hybridized carbons (Fsp3) is 0.407. The standard InChI is InChI=1S/C27H23Cl2FN4O3S/c28-17-9-32-10-18(29)21(17)22-16(24(37-34-22)12-1-2-12)11-36-15-3-4-27(8-14(27)7-15)26-33-23-19(30)5-13(25(31)35)6-20(23)38-26/h5-6,9-10,12,14-15H,1-4,7-8,11H2,(H2,31,35)/t14?,15-,27+/m1/s1. The van der Waals surface area contributed by atoms with Crippen LogP contribution < -0.4 is 5.73 Å². The number of hydrogen-bond acceptors (Lipinski definition) is 7. The van der Waals surface area contributed by atoms with E-state index in [-0.39, 0.29) is 17.1 Å². The van der Waals surface area contributed by atoms with Crippen LogP contribution in [0.5, 0.6) is 0 Å². The number of carbonyl (C=O) groups is 1. The van der Waals surface area contributed by atoms with Crippen LogP contribution in [0.1, 0.15) is 71.1 Å². The molecule has 3 aliphatic rings. The van der Waals surface area contributed by atoms with Gasteiger partial charge in [-0.3, -0.25) is 9.78 Å². The summed E-state index contributed by atoms with van der Waals surface area (Å²) in [6.45, 7) is 0.367. The number of rotatable bonds is 7. The number of fused-ring (bicyclic) bond motifs is 2. The zero-order valence-electron chi connectivity index (χ0n) is 20.2. The molecule has 4 aromatic rings. The van der Waals surface area contributed by atoms with Crippen molar-refractivity contribution in [3.05, 3.63) is 62.3 Å². The minimum Gasteiger partial charge on any atom is -0.373 e. The van der Waals surface area contributed by atoms with Gasteiger partial charge in [0.2, 0.25) is 5.91 Å². The number of nitrogens with two attached hydrogens (primary N) is 1. The van der Waals surface area contributed by atoms with E-state index in [2.05, 4.69) is 15.1 Å². The summed E-state index contributed by atoms with van der Waals surface area (Å²) in [5.41, 5.74) is 7.94. The van der Waals surface area contributed by atoms with Crippen molar-refractivity contribution in [2.24, 2.45) is 11.7 Å². The summed E-state index contributed by atoms with van der Waals surface area (Å²) in [4.78, 5) is 20.3. The number of ether oxygens (including phenoxy) is 1. The lowest BCUT2D eigenvalue weighted by atomic mass is 9.87. The van der Waals surface area contributed by atoms with Crippen molar-refractivity contribution in [3.63, 3.8) is 0 Å². The van der Waals surface area contributed by atoms with E-state index in [4.69, 9.17) is 38.2 Å². The van der Waals surface area contributed by atoms with Gasteiger partial charge in [0.05, 0.1) is 27.5 Å². The maximum atomic E-state index is 14.6. The SMILES string of the molecule is NC(=O)c1cc(F)c2nc([C@]34CC[C@@H](OCc5c(-c6c(Cl)cncc6Cl)noc5C5CC5)CC3C4)sc2c1. The number of primary amides is 1. The summed E-state index contributed by atoms with van der Waals surface area (Å²) >= 11 is 14.3. The van der Waals surface area contributed by atoms with E-state index in [1.165, 1.54) is 17.4 Å². The highest BCUT2D eigenvalue weighted by Crippen LogP contribution is 2.63. The van der Waals surface area contributed by atoms with Crippen molar-refractivity contribution in [2.45, 2.75) is 62.6 Å². The topological polar surface area (TPSA) is 104 Å². The lowest BCUT2D eigenvalue weighted by Crippen LogP contribution is -2.25. The first-order valence-electron chi connectivity index (χ1n) is 12.6. The molecule has 3 heterocycles. The van der Waals surface area contributed by atoms with Crippen molar-refractivity contribution < 1.29 is 18.4 Å². The summed E-state index contributed by atoms with van der Waals surface area (Å²) in [7, 11) is 0. The maximum Gasteiger partial charge on any atom is 0.248 e. The van der Waals surface area contributed by atoms with Crippen LogP contribution in [0, 0.1) is 11.7 Å². The molecular weight excluding hydrogens is 550 g/mol. The smallest absolute Gasteiger partial charge is 0.248 e. The first-order chi connectivity index (χ1) is 18.3. The van der Waals surface area contributed by atoms with E-state index < -0.39 is 11.7 Å². The Morgan fingerprint density at radius 3 is 2.74 bits per heavy atom. The quantitative estimate of drug-likeness (QED) is 0.261. The van der Waals surface area contributed by atoms with Crippen molar-refractivity contribution >= 4 is 50.7 Å². The van der Waals surface area contributed by atoms with Gasteiger partial charge in [0.1, 0.15) is 22.0 Å². The maximum absolute atomic E-state index is 14.6. The van der Waals surface area contributed by atoms with Crippen LogP contribution in [0.3, 0.4) is 0 Å². The van der Waals surface area contributed by atoms with Gasteiger partial charge in [0, 0.05) is 40.4 Å². The molecule has 1 aromatic carbocycles. The number of aromatic nitrogens is 3. The molecule has 7 nitrogen and oxygen atoms in total. The van der Waals surface area contributed by atoms with Crippen LogP contribution >= 0.6 is 34.5 Å². The van der Waals surface area contributed by atoms with Gasteiger partial charge in [0.15, 0.2) is 5.82 Å². The van der Waals surface area contributed by atoms with E-state index in [9.17, 15) is 9.18 Å². The van der Waals surface area contributed by atoms with Crippen LogP contribution in [0.15, 0.2) is 29.0 Å². The monoisotopic (exact) mass is 572 g/mol. The number of thiazole rings is 1. The highest BCUT2D eigenvalue weighted by molar-refractivity contribution is 7.18. The average molecular weight is 573 g/mol. The number of halogens is 3. The lowest BCUT2D eigenvalue weighted by molar-refractivity contribution is 0.0110. The fourth-order valence-electron chi connectivity index (χ4n) is 5.88. The molecule has 7 rings (SSSR count). The van der Waals surface area contributed by atoms with E-state index in [1.807, 2.05) is 0 Å². The van der Waals surface area contributed by atoms with Crippen LogP contribution in [0.25, 0.3) is 21.5 Å². The summed E-state index contributed by atoms with van der Waals surface area (Å²) in [5.74, 6) is 0.484. The number of nitrogens with zero attached hydrogens (tertiary/aromatic N) is 3. The second-order valence-corrected chi connectivity index (χ2v) is 12.4. The van der Waals surface area contributed by atoms with E-state index in [1.54, 1.807) is 18.5 Å². The Morgan fingerprint density at radius 1 is 1.24 bits per heavy atom. The highest BCUT2D eigenvalue weighted by Gasteiger charge is 2.59. The van der Waals surface area contributed by atoms with Gasteiger partial charge in [-0.05, 0) is 56.6 Å². The van der Waals surface area contributed by atoms with Crippen LogP contribution in [-0.2, 0) is 16.8 Å². The molecule has 196 valence electrons. The molecule has 1 unspecified atom stereocenters. The molecule has 3 aliphatic carbocycles. The normalized spacial score (nSPS) is 24.5. The molecule has 3 atom stereocenters. The second-order valence-electron chi connectivity index (χ2n) is 10.6. The summed E-state index contributed by atoms with van der Waals surface area (Å²) in [6.07, 6.45) is 9.02. The lowest BCUT2D eigenvalue weighted by Gasteiger charge is -2.27. The molecule has 3 saturated carbocycles. The summed E-state index contributed by atoms with van der Waals surface area (Å²) < 4.78 is 27.5. The second kappa shape index (κ2) is 8.98. The molecule has 3 aromatic heterocycles. The Hall–Kier alpha value is -2.59. The van der Waals surface area contributed by atoms with Gasteiger partial charge in [0.25, 0.3) is 0 Å². The van der Waals surface area contributed by atoms with Gasteiger partial charge in [-0.15, -0.1) is 11.3 Å². The molecule has 0 aliphatic heterocycles. The van der Waals surface area contributed by atoms with Gasteiger partial charge >= 0.3 is 0 Å². The fourth-order valence-corrected chi connectivity index (χ4v) is 7.75. The number of hydrogen-bond donors (Lipinski definition) is 1. The molecule has 2 N–H and O–H groups in total. The molecule has 3 fully saturated rings. The summed E-state index contributed by atoms with van der Waals surface area (Å²) in [5, 5.41) is 6.12. The highest BCUT2D eigenvalue weighted by atomic mass is 35.5. The predicted molar refractivity (Wildman–Crippen MR) is 142 cm³/mol. The molecule has 11 heteroatoms. The Labute approximate surface area is 231 Å². The Bertz CT molecular complexity index is 1580. The van der Waals surface area contributed by atoms with E-state index >= 15 is 0 Å². The van der Waals surface area contributed by atoms with Crippen molar-refractivity contribution in [1.29, 1.82) is 0 Å². The van der Waals surface area contributed by atoms with Gasteiger partial charge < -0.3 is 15.0 Å². The van der Waals surface area contributed by atoms with E-state index in [0.29, 0.717) is 50.0 Å². The molecule has 1 amide bonds.